The molecule has 0 saturated heterocycles. The van der Waals surface area contributed by atoms with Crippen molar-refractivity contribution in [2.45, 2.75) is 33.1 Å². The molecule has 0 radical (unpaired) electrons. The lowest BCUT2D eigenvalue weighted by Crippen LogP contribution is -2.07. The Hall–Kier alpha value is -1.24. The van der Waals surface area contributed by atoms with Gasteiger partial charge in [0.1, 0.15) is 0 Å². The summed E-state index contributed by atoms with van der Waals surface area (Å²) in [5.41, 5.74) is 0. The second-order valence-electron chi connectivity index (χ2n) is 3.82. The zero-order chi connectivity index (χ0) is 11.5. The summed E-state index contributed by atoms with van der Waals surface area (Å²) in [6.07, 6.45) is 6.12. The zero-order valence-corrected chi connectivity index (χ0v) is 9.40. The second kappa shape index (κ2) is 9.32. The summed E-state index contributed by atoms with van der Waals surface area (Å²) in [7, 11) is 0. The highest BCUT2D eigenvalue weighted by Crippen LogP contribution is 2.16. The first-order valence-corrected chi connectivity index (χ1v) is 5.31. The Balaban J connectivity index is 3.77. The van der Waals surface area contributed by atoms with Gasteiger partial charge in [0.05, 0.1) is 13.1 Å². The van der Waals surface area contributed by atoms with Crippen molar-refractivity contribution in [2.24, 2.45) is 21.8 Å². The lowest BCUT2D eigenvalue weighted by molar-refractivity contribution is 0.409. The van der Waals surface area contributed by atoms with Crippen LogP contribution in [0.1, 0.15) is 33.1 Å². The first-order chi connectivity index (χ1) is 7.24. The molecule has 0 aliphatic heterocycles. The summed E-state index contributed by atoms with van der Waals surface area (Å²) in [4.78, 5) is 27.0. The molecule has 15 heavy (non-hydrogen) atoms. The Labute approximate surface area is 90.5 Å². The number of nitrogens with zero attached hydrogens (tertiary/aromatic N) is 2. The van der Waals surface area contributed by atoms with E-state index in [4.69, 9.17) is 0 Å². The third-order valence-corrected chi connectivity index (χ3v) is 2.53. The van der Waals surface area contributed by atoms with Gasteiger partial charge in [0, 0.05) is 0 Å². The van der Waals surface area contributed by atoms with Gasteiger partial charge in [0.15, 0.2) is 0 Å². The number of aliphatic imine (C=N–C) groups is 2. The van der Waals surface area contributed by atoms with E-state index in [-0.39, 0.29) is 0 Å². The lowest BCUT2D eigenvalue weighted by Gasteiger charge is -2.13. The van der Waals surface area contributed by atoms with E-state index >= 15 is 0 Å². The second-order valence-corrected chi connectivity index (χ2v) is 3.82. The minimum atomic E-state index is 0.390. The predicted octanol–water partition coefficient (Wildman–Crippen LogP) is 2.10. The van der Waals surface area contributed by atoms with Gasteiger partial charge < -0.3 is 0 Å². The number of hydrogen-bond acceptors (Lipinski definition) is 4. The van der Waals surface area contributed by atoms with Gasteiger partial charge in [-0.1, -0.05) is 20.3 Å². The van der Waals surface area contributed by atoms with Crippen LogP contribution in [0.5, 0.6) is 0 Å². The molecule has 0 aliphatic rings. The van der Waals surface area contributed by atoms with E-state index in [9.17, 15) is 9.59 Å². The molecule has 0 aromatic heterocycles. The molecule has 0 heterocycles. The molecule has 4 heteroatoms. The van der Waals surface area contributed by atoms with Crippen LogP contribution in [0.25, 0.3) is 0 Å². The monoisotopic (exact) mass is 210 g/mol. The Kier molecular flexibility index (Phi) is 8.55. The fourth-order valence-corrected chi connectivity index (χ4v) is 1.40. The molecule has 0 aliphatic carbocycles. The third-order valence-electron chi connectivity index (χ3n) is 2.53. The number of isocyanates is 2. The van der Waals surface area contributed by atoms with Crippen LogP contribution < -0.4 is 0 Å². The fraction of sp³-hybridized carbons (Fsp3) is 0.818. The minimum Gasteiger partial charge on any atom is -0.211 e. The normalized spacial score (nSPS) is 13.5. The molecule has 2 unspecified atom stereocenters. The van der Waals surface area contributed by atoms with Crippen LogP contribution >= 0.6 is 0 Å². The van der Waals surface area contributed by atoms with Crippen LogP contribution in [0, 0.1) is 11.8 Å². The summed E-state index contributed by atoms with van der Waals surface area (Å²) in [6.45, 7) is 5.23. The van der Waals surface area contributed by atoms with Crippen molar-refractivity contribution >= 4 is 12.2 Å². The molecule has 0 N–H and O–H groups in total. The SMILES string of the molecule is CCC(CCC(C)CN=C=O)CN=C=O. The third kappa shape index (κ3) is 7.80. The van der Waals surface area contributed by atoms with Crippen molar-refractivity contribution in [3.05, 3.63) is 0 Å². The largest absolute Gasteiger partial charge is 0.234 e. The van der Waals surface area contributed by atoms with Gasteiger partial charge in [0.25, 0.3) is 0 Å². The summed E-state index contributed by atoms with van der Waals surface area (Å²) in [5.74, 6) is 0.829. The summed E-state index contributed by atoms with van der Waals surface area (Å²) < 4.78 is 0. The van der Waals surface area contributed by atoms with E-state index in [2.05, 4.69) is 23.8 Å². The minimum absolute atomic E-state index is 0.390. The molecule has 0 fully saturated rings. The Morgan fingerprint density at radius 1 is 1.07 bits per heavy atom. The van der Waals surface area contributed by atoms with E-state index in [0.717, 1.165) is 19.3 Å². The summed E-state index contributed by atoms with van der Waals surface area (Å²) >= 11 is 0. The van der Waals surface area contributed by atoms with E-state index < -0.39 is 0 Å². The van der Waals surface area contributed by atoms with Crippen LogP contribution in [-0.4, -0.2) is 25.2 Å². The maximum absolute atomic E-state index is 9.96. The molecule has 0 aromatic carbocycles. The van der Waals surface area contributed by atoms with E-state index in [1.165, 1.54) is 6.08 Å². The average Bonchev–Trinajstić information content (AvgIpc) is 2.26. The molecular formula is C11H18N2O2. The number of carbonyl (C=O) groups excluding carboxylic acids is 2. The van der Waals surface area contributed by atoms with Crippen LogP contribution in [-0.2, 0) is 9.59 Å². The van der Waals surface area contributed by atoms with E-state index in [0.29, 0.717) is 24.9 Å². The molecule has 0 aromatic rings. The highest BCUT2D eigenvalue weighted by atomic mass is 16.1. The predicted molar refractivity (Wildman–Crippen MR) is 58.2 cm³/mol. The summed E-state index contributed by atoms with van der Waals surface area (Å²) in [6, 6.07) is 0. The molecule has 0 bridgehead atoms. The van der Waals surface area contributed by atoms with Crippen LogP contribution in [0.15, 0.2) is 9.98 Å². The van der Waals surface area contributed by atoms with Gasteiger partial charge in [-0.05, 0) is 24.7 Å². The smallest absolute Gasteiger partial charge is 0.211 e. The average molecular weight is 210 g/mol. The first kappa shape index (κ1) is 13.8. The quantitative estimate of drug-likeness (QED) is 0.455. The van der Waals surface area contributed by atoms with Gasteiger partial charge in [-0.3, -0.25) is 0 Å². The lowest BCUT2D eigenvalue weighted by atomic mass is 9.95. The molecule has 84 valence electrons. The van der Waals surface area contributed by atoms with Crippen molar-refractivity contribution in [3.63, 3.8) is 0 Å². The van der Waals surface area contributed by atoms with Gasteiger partial charge in [-0.2, -0.15) is 0 Å². The van der Waals surface area contributed by atoms with Crippen LogP contribution in [0.3, 0.4) is 0 Å². The molecule has 2 atom stereocenters. The highest BCUT2D eigenvalue weighted by molar-refractivity contribution is 5.33. The molecule has 4 nitrogen and oxygen atoms in total. The van der Waals surface area contributed by atoms with Gasteiger partial charge in [-0.25, -0.2) is 19.6 Å². The fourth-order valence-electron chi connectivity index (χ4n) is 1.40. The number of hydrogen-bond donors (Lipinski definition) is 0. The molecule has 0 amide bonds. The van der Waals surface area contributed by atoms with Crippen molar-refractivity contribution in [3.8, 4) is 0 Å². The van der Waals surface area contributed by atoms with Gasteiger partial charge >= 0.3 is 0 Å². The molecule has 0 spiro atoms. The topological polar surface area (TPSA) is 58.9 Å². The van der Waals surface area contributed by atoms with Gasteiger partial charge in [0.2, 0.25) is 12.2 Å². The standard InChI is InChI=1S/C11H18N2O2/c1-3-11(7-13-9-15)5-4-10(2)6-12-8-14/h10-11H,3-7H2,1-2H3. The van der Waals surface area contributed by atoms with Crippen molar-refractivity contribution in [2.75, 3.05) is 13.1 Å². The van der Waals surface area contributed by atoms with Crippen molar-refractivity contribution in [1.82, 2.24) is 0 Å². The highest BCUT2D eigenvalue weighted by Gasteiger charge is 2.08. The van der Waals surface area contributed by atoms with Gasteiger partial charge in [-0.15, -0.1) is 0 Å². The maximum atomic E-state index is 9.96. The Morgan fingerprint density at radius 2 is 1.67 bits per heavy atom. The van der Waals surface area contributed by atoms with Crippen molar-refractivity contribution in [1.29, 1.82) is 0 Å². The molecule has 0 rings (SSSR count). The maximum Gasteiger partial charge on any atom is 0.234 e. The summed E-state index contributed by atoms with van der Waals surface area (Å²) in [5, 5.41) is 0. The first-order valence-electron chi connectivity index (χ1n) is 5.31. The molecule has 0 saturated carbocycles. The van der Waals surface area contributed by atoms with Crippen LogP contribution in [0.4, 0.5) is 0 Å². The zero-order valence-electron chi connectivity index (χ0n) is 9.40. The van der Waals surface area contributed by atoms with Crippen LogP contribution in [0.2, 0.25) is 0 Å². The Bertz CT molecular complexity index is 253. The van der Waals surface area contributed by atoms with E-state index in [1.54, 1.807) is 6.08 Å². The molecular weight excluding hydrogens is 192 g/mol. The number of rotatable bonds is 8. The van der Waals surface area contributed by atoms with E-state index in [1.807, 2.05) is 0 Å². The Morgan fingerprint density at radius 3 is 2.20 bits per heavy atom. The van der Waals surface area contributed by atoms with Crippen molar-refractivity contribution < 1.29 is 9.59 Å².